The molecule has 1 aromatic carbocycles. The number of carbonyl (C=O) groups is 1. The van der Waals surface area contributed by atoms with Crippen LogP contribution in [0.15, 0.2) is 24.3 Å². The standard InChI is InChI=1S/C14H20FN3O2/c1-18-7-5-14(20,6-8-18)10-16-13(19)17-12-4-2-3-11(15)9-12/h2-4,9,20H,5-8,10H2,1H3,(H2,16,17,19). The third kappa shape index (κ3) is 4.18. The number of benzene rings is 1. The molecule has 20 heavy (non-hydrogen) atoms. The third-order valence-electron chi connectivity index (χ3n) is 3.58. The van der Waals surface area contributed by atoms with Gasteiger partial charge in [0.2, 0.25) is 0 Å². The van der Waals surface area contributed by atoms with E-state index in [1.165, 1.54) is 18.2 Å². The van der Waals surface area contributed by atoms with Gasteiger partial charge in [0.25, 0.3) is 0 Å². The molecule has 0 spiro atoms. The molecule has 2 amide bonds. The molecule has 3 N–H and O–H groups in total. The molecular weight excluding hydrogens is 261 g/mol. The second kappa shape index (κ2) is 6.19. The predicted molar refractivity (Wildman–Crippen MR) is 75.1 cm³/mol. The van der Waals surface area contributed by atoms with Crippen molar-refractivity contribution in [2.45, 2.75) is 18.4 Å². The zero-order valence-corrected chi connectivity index (χ0v) is 11.5. The lowest BCUT2D eigenvalue weighted by Gasteiger charge is -2.36. The first kappa shape index (κ1) is 14.7. The SMILES string of the molecule is CN1CCC(O)(CNC(=O)Nc2cccc(F)c2)CC1. The van der Waals surface area contributed by atoms with Gasteiger partial charge in [0.15, 0.2) is 0 Å². The molecule has 1 saturated heterocycles. The van der Waals surface area contributed by atoms with E-state index in [2.05, 4.69) is 15.5 Å². The van der Waals surface area contributed by atoms with Crippen LogP contribution in [-0.4, -0.2) is 48.3 Å². The van der Waals surface area contributed by atoms with E-state index < -0.39 is 17.4 Å². The summed E-state index contributed by atoms with van der Waals surface area (Å²) < 4.78 is 13.0. The van der Waals surface area contributed by atoms with Gasteiger partial charge in [-0.3, -0.25) is 0 Å². The van der Waals surface area contributed by atoms with Crippen LogP contribution in [0.3, 0.4) is 0 Å². The molecule has 1 heterocycles. The van der Waals surface area contributed by atoms with Gasteiger partial charge in [-0.15, -0.1) is 0 Å². The molecule has 0 radical (unpaired) electrons. The van der Waals surface area contributed by atoms with E-state index in [0.717, 1.165) is 13.1 Å². The average molecular weight is 281 g/mol. The number of carbonyl (C=O) groups excluding carboxylic acids is 1. The van der Waals surface area contributed by atoms with Crippen molar-refractivity contribution < 1.29 is 14.3 Å². The van der Waals surface area contributed by atoms with Crippen LogP contribution < -0.4 is 10.6 Å². The summed E-state index contributed by atoms with van der Waals surface area (Å²) in [6.45, 7) is 1.81. The molecule has 0 unspecified atom stereocenters. The highest BCUT2D eigenvalue weighted by Gasteiger charge is 2.31. The van der Waals surface area contributed by atoms with Crippen molar-refractivity contribution >= 4 is 11.7 Å². The minimum atomic E-state index is -0.855. The van der Waals surface area contributed by atoms with E-state index in [1.807, 2.05) is 7.05 Å². The van der Waals surface area contributed by atoms with Gasteiger partial charge in [0, 0.05) is 25.3 Å². The van der Waals surface area contributed by atoms with Crippen molar-refractivity contribution in [3.05, 3.63) is 30.1 Å². The zero-order valence-electron chi connectivity index (χ0n) is 11.5. The zero-order chi connectivity index (χ0) is 14.6. The van der Waals surface area contributed by atoms with Crippen LogP contribution in [-0.2, 0) is 0 Å². The first-order valence-corrected chi connectivity index (χ1v) is 6.68. The Morgan fingerprint density at radius 1 is 1.45 bits per heavy atom. The van der Waals surface area contributed by atoms with Crippen LogP contribution in [0.2, 0.25) is 0 Å². The van der Waals surface area contributed by atoms with E-state index in [1.54, 1.807) is 6.07 Å². The monoisotopic (exact) mass is 281 g/mol. The van der Waals surface area contributed by atoms with E-state index >= 15 is 0 Å². The highest BCUT2D eigenvalue weighted by Crippen LogP contribution is 2.20. The number of halogens is 1. The Labute approximate surface area is 117 Å². The number of amides is 2. The molecule has 5 nitrogen and oxygen atoms in total. The lowest BCUT2D eigenvalue weighted by Crippen LogP contribution is -2.50. The predicted octanol–water partition coefficient (Wildman–Crippen LogP) is 1.40. The maximum atomic E-state index is 13.0. The molecule has 110 valence electrons. The van der Waals surface area contributed by atoms with Crippen molar-refractivity contribution in [3.63, 3.8) is 0 Å². The minimum Gasteiger partial charge on any atom is -0.388 e. The number of nitrogens with zero attached hydrogens (tertiary/aromatic N) is 1. The quantitative estimate of drug-likeness (QED) is 0.785. The first-order chi connectivity index (χ1) is 9.47. The number of aliphatic hydroxyl groups is 1. The second-order valence-corrected chi connectivity index (χ2v) is 5.35. The molecule has 0 bridgehead atoms. The Hall–Kier alpha value is -1.66. The average Bonchev–Trinajstić information content (AvgIpc) is 2.41. The highest BCUT2D eigenvalue weighted by atomic mass is 19.1. The van der Waals surface area contributed by atoms with Gasteiger partial charge in [-0.25, -0.2) is 9.18 Å². The largest absolute Gasteiger partial charge is 0.388 e. The van der Waals surface area contributed by atoms with Gasteiger partial charge in [0.1, 0.15) is 5.82 Å². The maximum absolute atomic E-state index is 13.0. The van der Waals surface area contributed by atoms with Gasteiger partial charge in [-0.1, -0.05) is 6.07 Å². The van der Waals surface area contributed by atoms with Gasteiger partial charge in [-0.2, -0.15) is 0 Å². The molecule has 1 aliphatic rings. The normalized spacial score (nSPS) is 18.6. The molecule has 0 aromatic heterocycles. The fraction of sp³-hybridized carbons (Fsp3) is 0.500. The van der Waals surface area contributed by atoms with Gasteiger partial charge in [0.05, 0.1) is 5.60 Å². The van der Waals surface area contributed by atoms with Gasteiger partial charge in [-0.05, 0) is 38.1 Å². The minimum absolute atomic E-state index is 0.196. The Kier molecular flexibility index (Phi) is 4.57. The Morgan fingerprint density at radius 3 is 2.80 bits per heavy atom. The summed E-state index contributed by atoms with van der Waals surface area (Å²) in [5.74, 6) is -0.406. The maximum Gasteiger partial charge on any atom is 0.319 e. The number of likely N-dealkylation sites (tertiary alicyclic amines) is 1. The fourth-order valence-corrected chi connectivity index (χ4v) is 2.20. The molecule has 6 heteroatoms. The lowest BCUT2D eigenvalue weighted by atomic mass is 9.92. The second-order valence-electron chi connectivity index (χ2n) is 5.35. The Balaban J connectivity index is 1.80. The van der Waals surface area contributed by atoms with Crippen molar-refractivity contribution in [2.24, 2.45) is 0 Å². The summed E-state index contributed by atoms with van der Waals surface area (Å²) in [5, 5.41) is 15.5. The molecule has 0 atom stereocenters. The van der Waals surface area contributed by atoms with Crippen molar-refractivity contribution in [3.8, 4) is 0 Å². The smallest absolute Gasteiger partial charge is 0.319 e. The van der Waals surface area contributed by atoms with Crippen molar-refractivity contribution in [2.75, 3.05) is 32.0 Å². The van der Waals surface area contributed by atoms with E-state index in [9.17, 15) is 14.3 Å². The van der Waals surface area contributed by atoms with Crippen LogP contribution in [0.5, 0.6) is 0 Å². The summed E-state index contributed by atoms with van der Waals surface area (Å²) in [6.07, 6.45) is 1.26. The summed E-state index contributed by atoms with van der Waals surface area (Å²) in [7, 11) is 2.00. The molecule has 2 rings (SSSR count). The highest BCUT2D eigenvalue weighted by molar-refractivity contribution is 5.89. The number of hydrogen-bond acceptors (Lipinski definition) is 3. The molecular formula is C14H20FN3O2. The van der Waals surface area contributed by atoms with Crippen molar-refractivity contribution in [1.29, 1.82) is 0 Å². The summed E-state index contributed by atoms with van der Waals surface area (Å²) in [5.41, 5.74) is -0.468. The molecule has 1 fully saturated rings. The number of anilines is 1. The lowest BCUT2D eigenvalue weighted by molar-refractivity contribution is -0.0120. The number of nitrogens with one attached hydrogen (secondary N) is 2. The van der Waals surface area contributed by atoms with Crippen LogP contribution in [0.25, 0.3) is 0 Å². The fourth-order valence-electron chi connectivity index (χ4n) is 2.20. The van der Waals surface area contributed by atoms with Crippen LogP contribution in [0.4, 0.5) is 14.9 Å². The molecule has 1 aliphatic heterocycles. The molecule has 0 aliphatic carbocycles. The topological polar surface area (TPSA) is 64.6 Å². The van der Waals surface area contributed by atoms with E-state index in [4.69, 9.17) is 0 Å². The summed E-state index contributed by atoms with van der Waals surface area (Å²) >= 11 is 0. The summed E-state index contributed by atoms with van der Waals surface area (Å²) in [4.78, 5) is 13.8. The number of rotatable bonds is 3. The molecule has 1 aromatic rings. The van der Waals surface area contributed by atoms with E-state index in [0.29, 0.717) is 18.5 Å². The van der Waals surface area contributed by atoms with Gasteiger partial charge < -0.3 is 20.6 Å². The van der Waals surface area contributed by atoms with Crippen LogP contribution >= 0.6 is 0 Å². The third-order valence-corrected chi connectivity index (χ3v) is 3.58. The Morgan fingerprint density at radius 2 is 2.15 bits per heavy atom. The number of piperidine rings is 1. The van der Waals surface area contributed by atoms with E-state index in [-0.39, 0.29) is 6.54 Å². The van der Waals surface area contributed by atoms with Crippen LogP contribution in [0.1, 0.15) is 12.8 Å². The van der Waals surface area contributed by atoms with Crippen LogP contribution in [0, 0.1) is 5.82 Å². The van der Waals surface area contributed by atoms with Gasteiger partial charge >= 0.3 is 6.03 Å². The number of urea groups is 1. The first-order valence-electron chi connectivity index (χ1n) is 6.68. The Bertz CT molecular complexity index is 473. The van der Waals surface area contributed by atoms with Crippen molar-refractivity contribution in [1.82, 2.24) is 10.2 Å². The molecule has 0 saturated carbocycles. The summed E-state index contributed by atoms with van der Waals surface area (Å²) in [6, 6.07) is 5.24. The number of hydrogen-bond donors (Lipinski definition) is 3.